The van der Waals surface area contributed by atoms with Crippen LogP contribution in [0.2, 0.25) is 0 Å². The molecule has 3 aromatic rings. The van der Waals surface area contributed by atoms with Gasteiger partial charge in [0, 0.05) is 56.5 Å². The number of amides is 1. The molecule has 2 heterocycles. The zero-order valence-corrected chi connectivity index (χ0v) is 22.0. The first-order valence-electron chi connectivity index (χ1n) is 12.0. The first kappa shape index (κ1) is 26.3. The van der Waals surface area contributed by atoms with Gasteiger partial charge in [-0.3, -0.25) is 4.98 Å². The van der Waals surface area contributed by atoms with E-state index in [0.717, 1.165) is 16.0 Å². The van der Waals surface area contributed by atoms with Crippen LogP contribution in [0.25, 0.3) is 0 Å². The Balaban J connectivity index is 1.32. The van der Waals surface area contributed by atoms with Gasteiger partial charge in [0.2, 0.25) is 10.0 Å². The summed E-state index contributed by atoms with van der Waals surface area (Å²) >= 11 is 1.48. The molecule has 1 amide bonds. The summed E-state index contributed by atoms with van der Waals surface area (Å²) in [5.41, 5.74) is 3.25. The van der Waals surface area contributed by atoms with E-state index in [0.29, 0.717) is 52.0 Å². The Hall–Kier alpha value is -2.79. The number of carbonyl (C=O) groups excluding carboxylic acids is 1. The number of thiazole rings is 1. The average molecular weight is 529 g/mol. The van der Waals surface area contributed by atoms with E-state index in [1.807, 2.05) is 37.3 Å². The predicted molar refractivity (Wildman–Crippen MR) is 140 cm³/mol. The van der Waals surface area contributed by atoms with Crippen molar-refractivity contribution in [3.05, 3.63) is 82.3 Å². The minimum Gasteiger partial charge on any atom is -0.442 e. The van der Waals surface area contributed by atoms with Crippen molar-refractivity contribution in [2.75, 3.05) is 26.2 Å². The smallest absolute Gasteiger partial charge is 0.407 e. The summed E-state index contributed by atoms with van der Waals surface area (Å²) in [6, 6.07) is 16.9. The maximum atomic E-state index is 12.7. The number of hydrogen-bond donors (Lipinski definition) is 2. The fourth-order valence-corrected chi connectivity index (χ4v) is 5.88. The first-order chi connectivity index (χ1) is 17.3. The topological polar surface area (TPSA) is 101 Å². The summed E-state index contributed by atoms with van der Waals surface area (Å²) in [5.74, 6) is 0. The molecule has 1 fully saturated rings. The largest absolute Gasteiger partial charge is 0.442 e. The van der Waals surface area contributed by atoms with Gasteiger partial charge in [0.05, 0.1) is 17.0 Å². The molecule has 4 rings (SSSR count). The number of aryl methyl sites for hydroxylation is 1. The molecular weight excluding hydrogens is 496 g/mol. The van der Waals surface area contributed by atoms with Crippen LogP contribution >= 0.6 is 11.3 Å². The molecule has 10 heteroatoms. The third kappa shape index (κ3) is 7.36. The molecule has 0 atom stereocenters. The third-order valence-electron chi connectivity index (χ3n) is 6.39. The molecule has 1 aromatic heterocycles. The molecule has 0 unspecified atom stereocenters. The molecule has 0 saturated carbocycles. The Kier molecular flexibility index (Phi) is 8.73. The normalized spacial score (nSPS) is 15.9. The minimum absolute atomic E-state index is 0.270. The second-order valence-electron chi connectivity index (χ2n) is 9.11. The highest BCUT2D eigenvalue weighted by atomic mass is 32.2. The van der Waals surface area contributed by atoms with Gasteiger partial charge in [0.1, 0.15) is 5.60 Å². The molecule has 0 bridgehead atoms. The van der Waals surface area contributed by atoms with E-state index in [1.165, 1.54) is 11.3 Å². The molecule has 2 aromatic carbocycles. The highest BCUT2D eigenvalue weighted by Crippen LogP contribution is 2.30. The minimum atomic E-state index is -3.54. The third-order valence-corrected chi connectivity index (χ3v) is 8.64. The average Bonchev–Trinajstić information content (AvgIpc) is 3.39. The molecule has 0 radical (unpaired) electrons. The van der Waals surface area contributed by atoms with Crippen LogP contribution in [0.4, 0.5) is 4.79 Å². The number of ether oxygens (including phenoxy) is 1. The van der Waals surface area contributed by atoms with Crippen LogP contribution in [-0.4, -0.2) is 56.2 Å². The molecule has 2 N–H and O–H groups in total. The molecule has 192 valence electrons. The number of aromatic nitrogens is 1. The van der Waals surface area contributed by atoms with Crippen molar-refractivity contribution in [3.63, 3.8) is 0 Å². The standard InChI is InChI=1S/C26H32N4O4S2/c1-21-7-9-24(10-8-21)36(32,33)29-13-16-30-14-11-26(12-15-30,17-22-5-3-2-4-6-22)34-25(31)28-19-23-18-27-20-35-23/h2-10,18,20,29H,11-17,19H2,1H3,(H,28,31). The van der Waals surface area contributed by atoms with E-state index in [2.05, 4.69) is 19.9 Å². The predicted octanol–water partition coefficient (Wildman–Crippen LogP) is 3.73. The Morgan fingerprint density at radius 3 is 2.50 bits per heavy atom. The number of nitrogens with zero attached hydrogens (tertiary/aromatic N) is 2. The van der Waals surface area contributed by atoms with Crippen LogP contribution in [0.5, 0.6) is 0 Å². The van der Waals surface area contributed by atoms with E-state index in [1.54, 1.807) is 36.0 Å². The fraction of sp³-hybridized carbons (Fsp3) is 0.385. The molecule has 0 spiro atoms. The molecule has 1 aliphatic rings. The Morgan fingerprint density at radius 2 is 1.83 bits per heavy atom. The number of carbonyl (C=O) groups is 1. The van der Waals surface area contributed by atoms with Gasteiger partial charge in [0.25, 0.3) is 0 Å². The summed E-state index contributed by atoms with van der Waals surface area (Å²) in [4.78, 5) is 20.2. The highest BCUT2D eigenvalue weighted by molar-refractivity contribution is 7.89. The van der Waals surface area contributed by atoms with Crippen molar-refractivity contribution in [2.24, 2.45) is 0 Å². The number of rotatable bonds is 10. The van der Waals surface area contributed by atoms with Crippen LogP contribution in [0, 0.1) is 6.92 Å². The van der Waals surface area contributed by atoms with Gasteiger partial charge in [0.15, 0.2) is 0 Å². The van der Waals surface area contributed by atoms with Crippen LogP contribution in [0.1, 0.15) is 28.8 Å². The van der Waals surface area contributed by atoms with E-state index in [-0.39, 0.29) is 4.90 Å². The first-order valence-corrected chi connectivity index (χ1v) is 14.4. The second kappa shape index (κ2) is 12.0. The number of alkyl carbamates (subject to hydrolysis) is 1. The quantitative estimate of drug-likeness (QED) is 0.416. The van der Waals surface area contributed by atoms with Gasteiger partial charge in [-0.05, 0) is 24.6 Å². The number of nitrogens with one attached hydrogen (secondary N) is 2. The number of benzene rings is 2. The van der Waals surface area contributed by atoms with Crippen molar-refractivity contribution < 1.29 is 17.9 Å². The second-order valence-corrected chi connectivity index (χ2v) is 11.8. The van der Waals surface area contributed by atoms with Crippen molar-refractivity contribution in [2.45, 2.75) is 43.2 Å². The van der Waals surface area contributed by atoms with Crippen LogP contribution < -0.4 is 10.0 Å². The van der Waals surface area contributed by atoms with Gasteiger partial charge in [-0.2, -0.15) is 0 Å². The molecule has 1 saturated heterocycles. The molecule has 36 heavy (non-hydrogen) atoms. The van der Waals surface area contributed by atoms with E-state index >= 15 is 0 Å². The van der Waals surface area contributed by atoms with Gasteiger partial charge in [-0.1, -0.05) is 48.0 Å². The maximum absolute atomic E-state index is 12.7. The Bertz CT molecular complexity index is 1210. The lowest BCUT2D eigenvalue weighted by Crippen LogP contribution is -2.51. The molecular formula is C26H32N4O4S2. The summed E-state index contributed by atoms with van der Waals surface area (Å²) in [6.07, 6.45) is 3.27. The zero-order valence-electron chi connectivity index (χ0n) is 20.4. The number of likely N-dealkylation sites (tertiary alicyclic amines) is 1. The SMILES string of the molecule is Cc1ccc(S(=O)(=O)NCCN2CCC(Cc3ccccc3)(OC(=O)NCc3cncs3)CC2)cc1. The lowest BCUT2D eigenvalue weighted by molar-refractivity contribution is -0.0350. The molecule has 8 nitrogen and oxygen atoms in total. The lowest BCUT2D eigenvalue weighted by atomic mass is 9.85. The van der Waals surface area contributed by atoms with Crippen LogP contribution in [-0.2, 0) is 27.7 Å². The van der Waals surface area contributed by atoms with Crippen LogP contribution in [0.3, 0.4) is 0 Å². The van der Waals surface area contributed by atoms with Gasteiger partial charge in [-0.25, -0.2) is 17.9 Å². The summed E-state index contributed by atoms with van der Waals surface area (Å²) in [5, 5.41) is 2.84. The molecule has 1 aliphatic heterocycles. The number of hydrogen-bond acceptors (Lipinski definition) is 7. The lowest BCUT2D eigenvalue weighted by Gasteiger charge is -2.41. The summed E-state index contributed by atoms with van der Waals surface area (Å²) in [6.45, 7) is 4.63. The van der Waals surface area contributed by atoms with Crippen LogP contribution in [0.15, 0.2) is 71.2 Å². The summed E-state index contributed by atoms with van der Waals surface area (Å²) in [7, 11) is -3.54. The van der Waals surface area contributed by atoms with Gasteiger partial charge >= 0.3 is 6.09 Å². The van der Waals surface area contributed by atoms with E-state index < -0.39 is 21.7 Å². The monoisotopic (exact) mass is 528 g/mol. The maximum Gasteiger partial charge on any atom is 0.407 e. The fourth-order valence-electron chi connectivity index (χ4n) is 4.33. The van der Waals surface area contributed by atoms with Crippen molar-refractivity contribution in [3.8, 4) is 0 Å². The van der Waals surface area contributed by atoms with Crippen molar-refractivity contribution >= 4 is 27.5 Å². The molecule has 0 aliphatic carbocycles. The van der Waals surface area contributed by atoms with Crippen molar-refractivity contribution in [1.82, 2.24) is 19.9 Å². The number of sulfonamides is 1. The summed E-state index contributed by atoms with van der Waals surface area (Å²) < 4.78 is 33.9. The van der Waals surface area contributed by atoms with Gasteiger partial charge < -0.3 is 15.0 Å². The Labute approximate surface area is 216 Å². The zero-order chi connectivity index (χ0) is 25.4. The number of piperidine rings is 1. The van der Waals surface area contributed by atoms with Gasteiger partial charge in [-0.15, -0.1) is 11.3 Å². The van der Waals surface area contributed by atoms with E-state index in [4.69, 9.17) is 4.74 Å². The Morgan fingerprint density at radius 1 is 1.11 bits per heavy atom. The van der Waals surface area contributed by atoms with Crippen molar-refractivity contribution in [1.29, 1.82) is 0 Å². The van der Waals surface area contributed by atoms with E-state index in [9.17, 15) is 13.2 Å². The highest BCUT2D eigenvalue weighted by Gasteiger charge is 2.38.